The van der Waals surface area contributed by atoms with Crippen molar-refractivity contribution in [2.24, 2.45) is 5.92 Å². The number of aromatic amines is 1. The first-order valence-electron chi connectivity index (χ1n) is 6.63. The fourth-order valence-corrected chi connectivity index (χ4v) is 2.22. The molecule has 0 spiro atoms. The van der Waals surface area contributed by atoms with Crippen molar-refractivity contribution < 1.29 is 21.9 Å². The number of nitrogens with zero attached hydrogens (tertiary/aromatic N) is 1. The van der Waals surface area contributed by atoms with Gasteiger partial charge in [-0.3, -0.25) is 0 Å². The lowest BCUT2D eigenvalue weighted by molar-refractivity contribution is 0.449. The molecule has 1 unspecified atom stereocenters. The van der Waals surface area contributed by atoms with Crippen LogP contribution in [0.2, 0.25) is 0 Å². The van der Waals surface area contributed by atoms with Gasteiger partial charge in [0.1, 0.15) is 0 Å². The van der Waals surface area contributed by atoms with Crippen LogP contribution in [-0.4, -0.2) is 31.9 Å². The van der Waals surface area contributed by atoms with Gasteiger partial charge in [-0.05, 0) is 59.3 Å². The summed E-state index contributed by atoms with van der Waals surface area (Å²) in [6.45, 7) is 8.18. The van der Waals surface area contributed by atoms with E-state index in [1.807, 2.05) is 20.0 Å². The van der Waals surface area contributed by atoms with Gasteiger partial charge in [0.15, 0.2) is 0 Å². The van der Waals surface area contributed by atoms with Crippen LogP contribution in [-0.2, 0) is 6.42 Å². The van der Waals surface area contributed by atoms with E-state index in [1.54, 1.807) is 17.5 Å². The summed E-state index contributed by atoms with van der Waals surface area (Å²) in [5.41, 5.74) is 4.48. The van der Waals surface area contributed by atoms with Crippen LogP contribution in [0.4, 0.5) is 0 Å². The molecule has 0 aliphatic heterocycles. The zero-order valence-electron chi connectivity index (χ0n) is 14.0. The highest BCUT2D eigenvalue weighted by molar-refractivity contribution is 5.14. The number of imidazole rings is 1. The molecule has 1 aromatic rings. The van der Waals surface area contributed by atoms with Crippen LogP contribution in [0.15, 0.2) is 23.7 Å². The molecule has 1 aromatic heterocycles. The van der Waals surface area contributed by atoms with Crippen LogP contribution in [0.5, 0.6) is 0 Å². The van der Waals surface area contributed by atoms with Crippen LogP contribution in [0.3, 0.4) is 0 Å². The molecule has 6 nitrogen and oxygen atoms in total. The lowest BCUT2D eigenvalue weighted by Crippen LogP contribution is -2.11. The Balaban J connectivity index is -0.000000184. The Morgan fingerprint density at radius 3 is 2.09 bits per heavy atom. The first kappa shape index (κ1) is 28.5. The topological polar surface area (TPSA) is 155 Å². The van der Waals surface area contributed by atoms with E-state index in [-0.39, 0.29) is 21.9 Å². The summed E-state index contributed by atoms with van der Waals surface area (Å²) in [5.74, 6) is 6.18. The zero-order valence-corrected chi connectivity index (χ0v) is 14.0. The van der Waals surface area contributed by atoms with Crippen molar-refractivity contribution in [3.05, 3.63) is 29.4 Å². The molecule has 0 radical (unpaired) electrons. The van der Waals surface area contributed by atoms with Gasteiger partial charge in [0.05, 0.1) is 6.33 Å². The van der Waals surface area contributed by atoms with Crippen molar-refractivity contribution in [3.8, 4) is 11.8 Å². The van der Waals surface area contributed by atoms with Crippen molar-refractivity contribution in [1.82, 2.24) is 9.97 Å². The monoisotopic (exact) mass is 316 g/mol. The third kappa shape index (κ3) is 10.1. The maximum Gasteiger partial charge on any atom is 0.0921 e. The first-order chi connectivity index (χ1) is 8.67. The van der Waals surface area contributed by atoms with Crippen LogP contribution < -0.4 is 0 Å². The minimum Gasteiger partial charge on any atom is -0.412 e. The Kier molecular flexibility index (Phi) is 20.4. The van der Waals surface area contributed by atoms with Gasteiger partial charge < -0.3 is 26.9 Å². The van der Waals surface area contributed by atoms with Gasteiger partial charge in [-0.15, -0.1) is 11.8 Å². The van der Waals surface area contributed by atoms with Crippen LogP contribution in [0, 0.1) is 17.8 Å². The quantitative estimate of drug-likeness (QED) is 0.622. The van der Waals surface area contributed by atoms with Gasteiger partial charge in [0, 0.05) is 11.9 Å². The molecule has 1 atom stereocenters. The van der Waals surface area contributed by atoms with Crippen molar-refractivity contribution in [2.75, 3.05) is 0 Å². The lowest BCUT2D eigenvalue weighted by Gasteiger charge is -2.23. The highest BCUT2D eigenvalue weighted by Gasteiger charge is 2.17. The molecule has 0 amide bonds. The molecule has 2 rings (SSSR count). The molecule has 0 fully saturated rings. The predicted octanol–water partition coefficient (Wildman–Crippen LogP) is 0.820. The van der Waals surface area contributed by atoms with Crippen molar-refractivity contribution in [2.45, 2.75) is 53.4 Å². The van der Waals surface area contributed by atoms with E-state index in [9.17, 15) is 0 Å². The van der Waals surface area contributed by atoms with E-state index < -0.39 is 0 Å². The van der Waals surface area contributed by atoms with Gasteiger partial charge in [-0.25, -0.2) is 4.98 Å². The SMILES string of the molecule is CC#CC.CC1=C(C)CC(Cc2cnc[nH]2)CC1.O.O.O.O. The Morgan fingerprint density at radius 1 is 1.09 bits per heavy atom. The van der Waals surface area contributed by atoms with Crippen molar-refractivity contribution in [3.63, 3.8) is 0 Å². The third-order valence-electron chi connectivity index (χ3n) is 3.56. The number of allylic oxidation sites excluding steroid dienone is 2. The molecule has 1 aliphatic carbocycles. The van der Waals surface area contributed by atoms with Crippen molar-refractivity contribution >= 4 is 0 Å². The fourth-order valence-electron chi connectivity index (χ4n) is 2.22. The molecular formula is C16H32N2O4. The zero-order chi connectivity index (χ0) is 13.4. The van der Waals surface area contributed by atoms with E-state index in [0.717, 1.165) is 12.3 Å². The van der Waals surface area contributed by atoms with Gasteiger partial charge >= 0.3 is 0 Å². The number of hydrogen-bond donors (Lipinski definition) is 1. The minimum atomic E-state index is 0. The highest BCUT2D eigenvalue weighted by atomic mass is 16.0. The normalized spacial score (nSPS) is 15.2. The van der Waals surface area contributed by atoms with Gasteiger partial charge in [-0.2, -0.15) is 0 Å². The molecule has 1 heterocycles. The molecule has 0 saturated carbocycles. The van der Waals surface area contributed by atoms with Crippen LogP contribution >= 0.6 is 0 Å². The fraction of sp³-hybridized carbons (Fsp3) is 0.562. The summed E-state index contributed by atoms with van der Waals surface area (Å²) in [6.07, 6.45) is 8.76. The molecule has 1 aliphatic rings. The molecule has 9 N–H and O–H groups in total. The van der Waals surface area contributed by atoms with E-state index in [0.29, 0.717) is 0 Å². The maximum atomic E-state index is 4.05. The lowest BCUT2D eigenvalue weighted by atomic mass is 9.83. The van der Waals surface area contributed by atoms with Crippen molar-refractivity contribution in [1.29, 1.82) is 0 Å². The van der Waals surface area contributed by atoms with Crippen LogP contribution in [0.1, 0.15) is 52.7 Å². The largest absolute Gasteiger partial charge is 0.412 e. The van der Waals surface area contributed by atoms with Gasteiger partial charge in [0.25, 0.3) is 0 Å². The Bertz CT molecular complexity index is 438. The second kappa shape index (κ2) is 15.7. The Hall–Kier alpha value is -1.65. The molecule has 22 heavy (non-hydrogen) atoms. The summed E-state index contributed by atoms with van der Waals surface area (Å²) < 4.78 is 0. The van der Waals surface area contributed by atoms with Gasteiger partial charge in [-0.1, -0.05) is 11.1 Å². The highest BCUT2D eigenvalue weighted by Crippen LogP contribution is 2.30. The predicted molar refractivity (Wildman–Crippen MR) is 91.6 cm³/mol. The summed E-state index contributed by atoms with van der Waals surface area (Å²) in [6, 6.07) is 0. The Labute approximate surface area is 133 Å². The minimum absolute atomic E-state index is 0. The molecule has 6 heteroatoms. The summed E-state index contributed by atoms with van der Waals surface area (Å²) in [7, 11) is 0. The van der Waals surface area contributed by atoms with E-state index >= 15 is 0 Å². The summed E-state index contributed by atoms with van der Waals surface area (Å²) >= 11 is 0. The number of H-pyrrole nitrogens is 1. The average molecular weight is 316 g/mol. The maximum absolute atomic E-state index is 4.05. The molecule has 130 valence electrons. The van der Waals surface area contributed by atoms with Crippen LogP contribution in [0.25, 0.3) is 0 Å². The number of aromatic nitrogens is 2. The smallest absolute Gasteiger partial charge is 0.0921 e. The number of rotatable bonds is 2. The van der Waals surface area contributed by atoms with Gasteiger partial charge in [0.2, 0.25) is 0 Å². The first-order valence-corrected chi connectivity index (χ1v) is 6.63. The summed E-state index contributed by atoms with van der Waals surface area (Å²) in [5, 5.41) is 0. The average Bonchev–Trinajstić information content (AvgIpc) is 2.87. The summed E-state index contributed by atoms with van der Waals surface area (Å²) in [4.78, 5) is 7.24. The molecule has 0 bridgehead atoms. The second-order valence-electron chi connectivity index (χ2n) is 4.95. The Morgan fingerprint density at radius 2 is 1.68 bits per heavy atom. The molecule has 0 aromatic carbocycles. The molecule has 0 saturated heterocycles. The second-order valence-corrected chi connectivity index (χ2v) is 4.95. The molecular weight excluding hydrogens is 284 g/mol. The van der Waals surface area contributed by atoms with E-state index in [2.05, 4.69) is 35.7 Å². The van der Waals surface area contributed by atoms with E-state index in [1.165, 1.54) is 25.0 Å². The number of nitrogens with one attached hydrogen (secondary N) is 1. The third-order valence-corrected chi connectivity index (χ3v) is 3.56. The standard InChI is InChI=1S/C12H18N2.C4H6.4H2O/c1-9-3-4-11(5-10(9)2)6-12-7-13-8-14-12;1-3-4-2;;;;/h7-8,11H,3-6H2,1-2H3,(H,13,14);1-2H3;4*1H2. The van der Waals surface area contributed by atoms with E-state index in [4.69, 9.17) is 0 Å². The number of hydrogen-bond acceptors (Lipinski definition) is 1.